The van der Waals surface area contributed by atoms with E-state index in [-0.39, 0.29) is 0 Å². The van der Waals surface area contributed by atoms with Crippen LogP contribution in [0.4, 0.5) is 0 Å². The van der Waals surface area contributed by atoms with Crippen molar-refractivity contribution < 1.29 is 0 Å². The normalized spacial score (nSPS) is 12.0. The Morgan fingerprint density at radius 2 is 0.600 bits per heavy atom. The van der Waals surface area contributed by atoms with Gasteiger partial charge in [-0.25, -0.2) is 4.98 Å². The molecule has 0 aliphatic heterocycles. The van der Waals surface area contributed by atoms with Crippen molar-refractivity contribution in [2.45, 2.75) is 0 Å². The summed E-state index contributed by atoms with van der Waals surface area (Å²) >= 11 is 0. The number of benzene rings is 10. The van der Waals surface area contributed by atoms with E-state index < -0.39 is 0 Å². The van der Waals surface area contributed by atoms with Gasteiger partial charge in [0.1, 0.15) is 0 Å². The summed E-state index contributed by atoms with van der Waals surface area (Å²) in [5, 5.41) is 12.0. The second-order valence-corrected chi connectivity index (χ2v) is 16.8. The summed E-state index contributed by atoms with van der Waals surface area (Å²) in [6.45, 7) is 0. The molecule has 302 valence electrons. The zero-order chi connectivity index (χ0) is 42.6. The van der Waals surface area contributed by atoms with Crippen LogP contribution >= 0.6 is 0 Å². The van der Waals surface area contributed by atoms with Crippen LogP contribution in [0.15, 0.2) is 218 Å². The second kappa shape index (κ2) is 13.8. The number of hydrogen-bond acceptors (Lipinski definition) is 3. The molecule has 0 unspecified atom stereocenters. The summed E-state index contributed by atoms with van der Waals surface area (Å²) in [7, 11) is 0. The minimum atomic E-state index is 0.549. The van der Waals surface area contributed by atoms with E-state index in [0.29, 0.717) is 17.6 Å². The van der Waals surface area contributed by atoms with Gasteiger partial charge in [0.15, 0.2) is 11.6 Å². The average molecular weight is 829 g/mol. The number of para-hydroxylation sites is 6. The van der Waals surface area contributed by atoms with Crippen LogP contribution in [0.1, 0.15) is 0 Å². The first-order valence-electron chi connectivity index (χ1n) is 22.0. The van der Waals surface area contributed by atoms with Crippen LogP contribution < -0.4 is 0 Å². The van der Waals surface area contributed by atoms with E-state index in [1.807, 2.05) is 0 Å². The predicted octanol–water partition coefficient (Wildman–Crippen LogP) is 14.8. The van der Waals surface area contributed by atoms with Gasteiger partial charge in [-0.1, -0.05) is 158 Å². The van der Waals surface area contributed by atoms with Crippen LogP contribution in [0.2, 0.25) is 0 Å². The minimum Gasteiger partial charge on any atom is -0.308 e. The molecule has 4 aromatic heterocycles. The number of fused-ring (bicyclic) bond motifs is 13. The van der Waals surface area contributed by atoms with Crippen LogP contribution in [-0.2, 0) is 0 Å². The van der Waals surface area contributed by atoms with Crippen molar-refractivity contribution in [2.24, 2.45) is 0 Å². The van der Waals surface area contributed by atoms with Gasteiger partial charge in [0, 0.05) is 43.4 Å². The molecule has 14 rings (SSSR count). The summed E-state index contributed by atoms with van der Waals surface area (Å²) in [6, 6.07) is 77.8. The monoisotopic (exact) mass is 828 g/mol. The Labute approximate surface area is 372 Å². The topological polar surface area (TPSA) is 53.5 Å². The molecule has 0 saturated carbocycles. The first-order valence-corrected chi connectivity index (χ1v) is 22.0. The van der Waals surface area contributed by atoms with Gasteiger partial charge in [-0.3, -0.25) is 4.57 Å². The quantitative estimate of drug-likeness (QED) is 0.174. The third-order valence-electron chi connectivity index (χ3n) is 13.3. The highest BCUT2D eigenvalue weighted by molar-refractivity contribution is 6.22. The van der Waals surface area contributed by atoms with E-state index in [1.54, 1.807) is 0 Å². The Morgan fingerprint density at radius 1 is 0.246 bits per heavy atom. The first-order chi connectivity index (χ1) is 32.3. The van der Waals surface area contributed by atoms with Gasteiger partial charge >= 0.3 is 0 Å². The molecule has 10 aromatic carbocycles. The summed E-state index contributed by atoms with van der Waals surface area (Å²) in [6.07, 6.45) is 0. The van der Waals surface area contributed by atoms with Crippen molar-refractivity contribution in [3.63, 3.8) is 0 Å². The van der Waals surface area contributed by atoms with Gasteiger partial charge in [0.25, 0.3) is 0 Å². The number of rotatable bonds is 5. The Bertz CT molecular complexity index is 3990. The van der Waals surface area contributed by atoms with Crippen LogP contribution in [0.3, 0.4) is 0 Å². The van der Waals surface area contributed by atoms with Crippen molar-refractivity contribution >= 4 is 87.0 Å². The molecule has 0 amide bonds. The first kappa shape index (κ1) is 35.7. The average Bonchev–Trinajstić information content (AvgIpc) is 4.02. The molecule has 0 saturated heterocycles. The molecule has 0 N–H and O–H groups in total. The van der Waals surface area contributed by atoms with Crippen LogP contribution in [0.25, 0.3) is 127 Å². The predicted molar refractivity (Wildman–Crippen MR) is 269 cm³/mol. The van der Waals surface area contributed by atoms with E-state index in [1.165, 1.54) is 43.1 Å². The van der Waals surface area contributed by atoms with E-state index in [4.69, 9.17) is 15.0 Å². The molecule has 0 bridgehead atoms. The minimum absolute atomic E-state index is 0.549. The molecule has 4 heterocycles. The molecule has 0 aliphatic carbocycles. The number of aromatic nitrogens is 6. The van der Waals surface area contributed by atoms with Crippen molar-refractivity contribution in [1.82, 2.24) is 28.7 Å². The van der Waals surface area contributed by atoms with Gasteiger partial charge in [0.2, 0.25) is 5.95 Å². The van der Waals surface area contributed by atoms with Crippen LogP contribution in [0.5, 0.6) is 0 Å². The van der Waals surface area contributed by atoms with Crippen LogP contribution in [-0.4, -0.2) is 28.7 Å². The van der Waals surface area contributed by atoms with E-state index >= 15 is 0 Å². The maximum absolute atomic E-state index is 5.54. The lowest BCUT2D eigenvalue weighted by molar-refractivity contribution is 0.950. The molecule has 0 radical (unpaired) electrons. The molecule has 65 heavy (non-hydrogen) atoms. The lowest BCUT2D eigenvalue weighted by atomic mass is 10.0. The smallest absolute Gasteiger partial charge is 0.238 e. The summed E-state index contributed by atoms with van der Waals surface area (Å²) in [5.41, 5.74) is 10.3. The molecular weight excluding hydrogens is 793 g/mol. The molecule has 6 heteroatoms. The molecule has 0 fully saturated rings. The zero-order valence-electron chi connectivity index (χ0n) is 35.0. The van der Waals surface area contributed by atoms with E-state index in [2.05, 4.69) is 232 Å². The van der Waals surface area contributed by atoms with Crippen molar-refractivity contribution in [3.8, 4) is 40.1 Å². The summed E-state index contributed by atoms with van der Waals surface area (Å²) < 4.78 is 6.96. The molecular formula is C59H36N6. The lowest BCUT2D eigenvalue weighted by Crippen LogP contribution is -2.09. The van der Waals surface area contributed by atoms with Gasteiger partial charge < -0.3 is 9.13 Å². The fourth-order valence-corrected chi connectivity index (χ4v) is 10.6. The summed E-state index contributed by atoms with van der Waals surface area (Å²) in [4.78, 5) is 16.5. The Balaban J connectivity index is 1.08. The highest BCUT2D eigenvalue weighted by Gasteiger charge is 2.24. The fraction of sp³-hybridized carbons (Fsp3) is 0. The van der Waals surface area contributed by atoms with Gasteiger partial charge in [-0.2, -0.15) is 9.97 Å². The Morgan fingerprint density at radius 3 is 1.06 bits per heavy atom. The largest absolute Gasteiger partial charge is 0.308 e. The van der Waals surface area contributed by atoms with Crippen molar-refractivity contribution in [2.75, 3.05) is 0 Å². The molecule has 0 aliphatic rings. The second-order valence-electron chi connectivity index (χ2n) is 16.8. The molecule has 6 nitrogen and oxygen atoms in total. The molecule has 0 atom stereocenters. The van der Waals surface area contributed by atoms with E-state index in [9.17, 15) is 0 Å². The molecule has 14 aromatic rings. The highest BCUT2D eigenvalue weighted by atomic mass is 15.2. The SMILES string of the molecule is c1ccc(-n2c3ccccc3c3c4ccccc4ccc32)c(-c2nc(-c3ccccc3-n3c4ccccc4c4c5ccccc5ccc43)nc(-n3c4ccccc4c4ccccc43)n2)c1. The maximum atomic E-state index is 5.54. The number of hydrogen-bond donors (Lipinski definition) is 0. The Hall–Kier alpha value is -8.87. The van der Waals surface area contributed by atoms with Gasteiger partial charge in [-0.15, -0.1) is 0 Å². The molecule has 0 spiro atoms. The van der Waals surface area contributed by atoms with Crippen molar-refractivity contribution in [3.05, 3.63) is 218 Å². The third kappa shape index (κ3) is 5.19. The van der Waals surface area contributed by atoms with Crippen molar-refractivity contribution in [1.29, 1.82) is 0 Å². The lowest BCUT2D eigenvalue weighted by Gasteiger charge is -2.17. The fourth-order valence-electron chi connectivity index (χ4n) is 10.6. The van der Waals surface area contributed by atoms with E-state index in [0.717, 1.165) is 66.4 Å². The number of nitrogens with zero attached hydrogens (tertiary/aromatic N) is 6. The van der Waals surface area contributed by atoms with Gasteiger partial charge in [-0.05, 0) is 82.2 Å². The van der Waals surface area contributed by atoms with Crippen LogP contribution in [0, 0.1) is 0 Å². The van der Waals surface area contributed by atoms with Gasteiger partial charge in [0.05, 0.1) is 44.5 Å². The maximum Gasteiger partial charge on any atom is 0.238 e. The zero-order valence-corrected chi connectivity index (χ0v) is 35.0. The highest BCUT2D eigenvalue weighted by Crippen LogP contribution is 2.42. The Kier molecular flexibility index (Phi) is 7.59. The third-order valence-corrected chi connectivity index (χ3v) is 13.3. The summed E-state index contributed by atoms with van der Waals surface area (Å²) in [5.74, 6) is 1.71. The standard InChI is InChI=1S/C59H36N6/c1-3-19-39-37(17-1)33-35-53-55(39)43-23-7-13-29-49(43)63(53)51-31-15-9-25-45(51)57-60-58(62-59(61-57)65-47-27-11-5-21-41(47)42-22-6-12-28-48(42)65)46-26-10-16-32-52(46)64-50-30-14-8-24-44(50)56-40-20-4-2-18-38(40)34-36-54(56)64/h1-36H.